The third-order valence-corrected chi connectivity index (χ3v) is 6.21. The van der Waals surface area contributed by atoms with E-state index in [4.69, 9.17) is 4.74 Å². The summed E-state index contributed by atoms with van der Waals surface area (Å²) in [6.07, 6.45) is 5.15. The molecule has 8 nitrogen and oxygen atoms in total. The maximum atomic E-state index is 13.2. The van der Waals surface area contributed by atoms with Gasteiger partial charge in [-0.1, -0.05) is 30.0 Å². The molecule has 2 aromatic heterocycles. The lowest BCUT2D eigenvalue weighted by molar-refractivity contribution is -0.119. The van der Waals surface area contributed by atoms with E-state index in [-0.39, 0.29) is 23.6 Å². The van der Waals surface area contributed by atoms with E-state index in [9.17, 15) is 9.59 Å². The van der Waals surface area contributed by atoms with Gasteiger partial charge in [0.1, 0.15) is 12.9 Å². The predicted molar refractivity (Wildman–Crippen MR) is 115 cm³/mol. The maximum absolute atomic E-state index is 13.2. The molecule has 0 fully saturated rings. The number of benzene rings is 1. The summed E-state index contributed by atoms with van der Waals surface area (Å²) >= 11 is 1.46. The Labute approximate surface area is 178 Å². The Hall–Kier alpha value is -3.07. The van der Waals surface area contributed by atoms with Crippen molar-refractivity contribution in [2.24, 2.45) is 7.05 Å². The second kappa shape index (κ2) is 8.74. The van der Waals surface area contributed by atoms with Crippen molar-refractivity contribution < 1.29 is 9.53 Å². The summed E-state index contributed by atoms with van der Waals surface area (Å²) in [6.45, 7) is 0.815. The van der Waals surface area contributed by atoms with Crippen LogP contribution in [0.4, 0.5) is 5.69 Å². The van der Waals surface area contributed by atoms with Gasteiger partial charge in [-0.05, 0) is 24.5 Å². The molecule has 0 radical (unpaired) electrons. The van der Waals surface area contributed by atoms with Crippen LogP contribution in [0.2, 0.25) is 0 Å². The Bertz CT molecular complexity index is 1120. The number of ether oxygens (including phenoxy) is 1. The quantitative estimate of drug-likeness (QED) is 0.564. The number of para-hydroxylation sites is 1. The van der Waals surface area contributed by atoms with Gasteiger partial charge in [0.15, 0.2) is 10.9 Å². The molecule has 156 valence electrons. The van der Waals surface area contributed by atoms with Crippen molar-refractivity contribution in [2.45, 2.75) is 30.3 Å². The third kappa shape index (κ3) is 4.11. The van der Waals surface area contributed by atoms with Crippen LogP contribution in [0.3, 0.4) is 0 Å². The minimum absolute atomic E-state index is 0.0160. The second-order valence-electron chi connectivity index (χ2n) is 7.12. The van der Waals surface area contributed by atoms with E-state index in [0.29, 0.717) is 12.3 Å². The van der Waals surface area contributed by atoms with Gasteiger partial charge in [0, 0.05) is 36.8 Å². The zero-order valence-corrected chi connectivity index (χ0v) is 17.8. The molecule has 1 aliphatic heterocycles. The molecule has 0 bridgehead atoms. The summed E-state index contributed by atoms with van der Waals surface area (Å²) in [6, 6.07) is 9.54. The molecule has 0 saturated heterocycles. The highest BCUT2D eigenvalue weighted by atomic mass is 32.2. The van der Waals surface area contributed by atoms with E-state index in [1.54, 1.807) is 17.1 Å². The lowest BCUT2D eigenvalue weighted by Crippen LogP contribution is -2.38. The molecule has 0 aliphatic carbocycles. The Morgan fingerprint density at radius 3 is 2.90 bits per heavy atom. The summed E-state index contributed by atoms with van der Waals surface area (Å²) < 4.78 is 8.81. The average molecular weight is 426 g/mol. The second-order valence-corrected chi connectivity index (χ2v) is 8.06. The number of thioether (sulfide) groups is 1. The zero-order chi connectivity index (χ0) is 21.1. The summed E-state index contributed by atoms with van der Waals surface area (Å²) in [5.41, 5.74) is 2.68. The van der Waals surface area contributed by atoms with Gasteiger partial charge in [-0.3, -0.25) is 9.59 Å². The summed E-state index contributed by atoms with van der Waals surface area (Å²) in [4.78, 5) is 27.4. The zero-order valence-electron chi connectivity index (χ0n) is 16.9. The highest BCUT2D eigenvalue weighted by Gasteiger charge is 2.23. The first-order chi connectivity index (χ1) is 14.6. The molecule has 0 atom stereocenters. The highest BCUT2D eigenvalue weighted by molar-refractivity contribution is 7.98. The molecule has 4 rings (SSSR count). The fourth-order valence-corrected chi connectivity index (χ4v) is 4.47. The van der Waals surface area contributed by atoms with Crippen LogP contribution in [0.1, 0.15) is 17.7 Å². The minimum atomic E-state index is -0.210. The molecule has 3 heterocycles. The van der Waals surface area contributed by atoms with Crippen LogP contribution in [0.25, 0.3) is 0 Å². The van der Waals surface area contributed by atoms with Crippen molar-refractivity contribution >= 4 is 23.4 Å². The van der Waals surface area contributed by atoms with Crippen molar-refractivity contribution in [2.75, 3.05) is 18.6 Å². The number of fused-ring (bicyclic) bond motifs is 1. The monoisotopic (exact) mass is 425 g/mol. The Kier molecular flexibility index (Phi) is 5.89. The van der Waals surface area contributed by atoms with Crippen LogP contribution < -0.4 is 15.1 Å². The van der Waals surface area contributed by atoms with Gasteiger partial charge < -0.3 is 18.8 Å². The number of hydrogen-bond donors (Lipinski definition) is 0. The molecule has 3 aromatic rings. The molecular weight excluding hydrogens is 402 g/mol. The molecule has 0 unspecified atom stereocenters. The first-order valence-corrected chi connectivity index (χ1v) is 10.7. The molecular formula is C21H23N5O3S. The number of amides is 1. The van der Waals surface area contributed by atoms with Crippen molar-refractivity contribution in [3.05, 3.63) is 64.3 Å². The van der Waals surface area contributed by atoms with E-state index in [2.05, 4.69) is 16.3 Å². The largest absolute Gasteiger partial charge is 0.491 e. The number of hydrogen-bond acceptors (Lipinski definition) is 6. The first kappa shape index (κ1) is 20.2. The molecule has 9 heteroatoms. The fourth-order valence-electron chi connectivity index (χ4n) is 3.58. The predicted octanol–water partition coefficient (Wildman–Crippen LogP) is 2.26. The van der Waals surface area contributed by atoms with E-state index < -0.39 is 0 Å². The molecule has 30 heavy (non-hydrogen) atoms. The topological polar surface area (TPSA) is 82.2 Å². The summed E-state index contributed by atoms with van der Waals surface area (Å²) in [5.74, 6) is 0.683. The first-order valence-electron chi connectivity index (χ1n) is 9.69. The summed E-state index contributed by atoms with van der Waals surface area (Å²) in [5, 5.41) is 8.68. The van der Waals surface area contributed by atoms with Crippen molar-refractivity contribution in [1.29, 1.82) is 0 Å². The Morgan fingerprint density at radius 2 is 2.13 bits per heavy atom. The minimum Gasteiger partial charge on any atom is -0.491 e. The van der Waals surface area contributed by atoms with Gasteiger partial charge in [0.2, 0.25) is 11.3 Å². The number of rotatable bonds is 6. The van der Waals surface area contributed by atoms with Gasteiger partial charge in [0.25, 0.3) is 0 Å². The molecule has 1 aliphatic rings. The smallest absolute Gasteiger partial charge is 0.246 e. The van der Waals surface area contributed by atoms with Crippen LogP contribution >= 0.6 is 11.8 Å². The molecule has 0 saturated carbocycles. The number of aromatic nitrogens is 4. The standard InChI is InChI=1S/C21H23N5O3S/c1-24-14-22-23-21(24)30-13-16-10-18(27)19(29-2)11-25(16)12-20(28)26-9-5-7-15-6-3-4-8-17(15)26/h3-4,6,8,10-11,14H,5,7,9,12-13H2,1-2H3. The average Bonchev–Trinajstić information content (AvgIpc) is 3.17. The third-order valence-electron chi connectivity index (χ3n) is 5.14. The normalized spacial score (nSPS) is 13.2. The van der Waals surface area contributed by atoms with Crippen LogP contribution in [0.5, 0.6) is 5.75 Å². The van der Waals surface area contributed by atoms with Gasteiger partial charge in [-0.25, -0.2) is 0 Å². The van der Waals surface area contributed by atoms with Gasteiger partial charge >= 0.3 is 0 Å². The number of nitrogens with zero attached hydrogens (tertiary/aromatic N) is 5. The lowest BCUT2D eigenvalue weighted by Gasteiger charge is -2.30. The number of methoxy groups -OCH3 is 1. The van der Waals surface area contributed by atoms with Crippen LogP contribution in [-0.4, -0.2) is 38.9 Å². The van der Waals surface area contributed by atoms with Crippen molar-refractivity contribution in [3.8, 4) is 5.75 Å². The van der Waals surface area contributed by atoms with Gasteiger partial charge in [-0.2, -0.15) is 0 Å². The lowest BCUT2D eigenvalue weighted by atomic mass is 10.0. The van der Waals surface area contributed by atoms with Crippen LogP contribution in [0.15, 0.2) is 52.8 Å². The maximum Gasteiger partial charge on any atom is 0.246 e. The van der Waals surface area contributed by atoms with Gasteiger partial charge in [-0.15, -0.1) is 10.2 Å². The van der Waals surface area contributed by atoms with E-state index in [1.807, 2.05) is 34.7 Å². The fraction of sp³-hybridized carbons (Fsp3) is 0.333. The molecule has 1 aromatic carbocycles. The SMILES string of the molecule is COc1cn(CC(=O)N2CCCc3ccccc32)c(CSc2nncn2C)cc1=O. The number of anilines is 1. The van der Waals surface area contributed by atoms with Gasteiger partial charge in [0.05, 0.1) is 13.3 Å². The van der Waals surface area contributed by atoms with Crippen LogP contribution in [-0.2, 0) is 30.6 Å². The van der Waals surface area contributed by atoms with Crippen molar-refractivity contribution in [1.82, 2.24) is 19.3 Å². The highest BCUT2D eigenvalue weighted by Crippen LogP contribution is 2.27. The molecule has 0 spiro atoms. The van der Waals surface area contributed by atoms with Crippen molar-refractivity contribution in [3.63, 3.8) is 0 Å². The van der Waals surface area contributed by atoms with E-state index >= 15 is 0 Å². The van der Waals surface area contributed by atoms with E-state index in [1.165, 1.54) is 30.5 Å². The summed E-state index contributed by atoms with van der Waals surface area (Å²) in [7, 11) is 3.32. The van der Waals surface area contributed by atoms with Crippen LogP contribution in [0, 0.1) is 0 Å². The van der Waals surface area contributed by atoms with E-state index in [0.717, 1.165) is 29.4 Å². The molecule has 0 N–H and O–H groups in total. The molecule has 1 amide bonds. The number of aryl methyl sites for hydroxylation is 2. The number of carbonyl (C=O) groups is 1. The number of pyridine rings is 1. The Morgan fingerprint density at radius 1 is 1.30 bits per heavy atom. The number of carbonyl (C=O) groups excluding carboxylic acids is 1. The Balaban J connectivity index is 1.60.